The van der Waals surface area contributed by atoms with Crippen LogP contribution < -0.4 is 10.5 Å². The Bertz CT molecular complexity index is 484. The molecule has 2 rings (SSSR count). The first-order valence-corrected chi connectivity index (χ1v) is 6.05. The van der Waals surface area contributed by atoms with Crippen molar-refractivity contribution in [1.82, 2.24) is 4.98 Å². The highest BCUT2D eigenvalue weighted by molar-refractivity contribution is 5.79. The van der Waals surface area contributed by atoms with Gasteiger partial charge >= 0.3 is 0 Å². The van der Waals surface area contributed by atoms with Crippen molar-refractivity contribution in [2.75, 3.05) is 6.54 Å². The van der Waals surface area contributed by atoms with Gasteiger partial charge in [-0.15, -0.1) is 0 Å². The smallest absolute Gasteiger partial charge is 0.138 e. The SMILES string of the molecule is CCCC(CN)Oc1cnc2ccccc2c1. The molecule has 0 aliphatic rings. The molecule has 90 valence electrons. The Morgan fingerprint density at radius 1 is 1.35 bits per heavy atom. The van der Waals surface area contributed by atoms with Gasteiger partial charge in [0.2, 0.25) is 0 Å². The van der Waals surface area contributed by atoms with Crippen LogP contribution in [0.25, 0.3) is 10.9 Å². The maximum absolute atomic E-state index is 5.82. The zero-order valence-electron chi connectivity index (χ0n) is 10.1. The van der Waals surface area contributed by atoms with Gasteiger partial charge in [0.25, 0.3) is 0 Å². The first-order chi connectivity index (χ1) is 8.33. The lowest BCUT2D eigenvalue weighted by atomic mass is 10.2. The molecule has 17 heavy (non-hydrogen) atoms. The maximum atomic E-state index is 5.82. The van der Waals surface area contributed by atoms with Crippen LogP contribution in [0, 0.1) is 0 Å². The molecule has 2 aromatic rings. The molecule has 0 aliphatic heterocycles. The lowest BCUT2D eigenvalue weighted by Crippen LogP contribution is -2.26. The van der Waals surface area contributed by atoms with Gasteiger partial charge in [-0.3, -0.25) is 4.98 Å². The Labute approximate surface area is 102 Å². The number of para-hydroxylation sites is 1. The van der Waals surface area contributed by atoms with E-state index in [1.165, 1.54) is 0 Å². The number of pyridine rings is 1. The number of ether oxygens (including phenoxy) is 1. The summed E-state index contributed by atoms with van der Waals surface area (Å²) < 4.78 is 5.82. The number of hydrogen-bond acceptors (Lipinski definition) is 3. The van der Waals surface area contributed by atoms with Gasteiger partial charge in [-0.05, 0) is 18.6 Å². The second kappa shape index (κ2) is 5.64. The van der Waals surface area contributed by atoms with E-state index in [0.717, 1.165) is 29.5 Å². The zero-order valence-corrected chi connectivity index (χ0v) is 10.1. The van der Waals surface area contributed by atoms with Gasteiger partial charge in [-0.1, -0.05) is 31.5 Å². The van der Waals surface area contributed by atoms with Crippen LogP contribution in [0.2, 0.25) is 0 Å². The number of fused-ring (bicyclic) bond motifs is 1. The molecule has 0 fully saturated rings. The van der Waals surface area contributed by atoms with Crippen molar-refractivity contribution in [3.05, 3.63) is 36.5 Å². The topological polar surface area (TPSA) is 48.1 Å². The minimum absolute atomic E-state index is 0.0861. The quantitative estimate of drug-likeness (QED) is 0.859. The number of aromatic nitrogens is 1. The van der Waals surface area contributed by atoms with Crippen LogP contribution in [0.15, 0.2) is 36.5 Å². The van der Waals surface area contributed by atoms with Gasteiger partial charge in [0.1, 0.15) is 11.9 Å². The number of nitrogens with two attached hydrogens (primary N) is 1. The van der Waals surface area contributed by atoms with Gasteiger partial charge in [-0.25, -0.2) is 0 Å². The van der Waals surface area contributed by atoms with Crippen molar-refractivity contribution >= 4 is 10.9 Å². The molecule has 0 bridgehead atoms. The molecule has 1 aromatic carbocycles. The lowest BCUT2D eigenvalue weighted by molar-refractivity contribution is 0.197. The van der Waals surface area contributed by atoms with E-state index in [0.29, 0.717) is 6.54 Å². The minimum atomic E-state index is 0.0861. The molecule has 2 N–H and O–H groups in total. The summed E-state index contributed by atoms with van der Waals surface area (Å²) in [6, 6.07) is 10.0. The van der Waals surface area contributed by atoms with Crippen LogP contribution in [0.5, 0.6) is 5.75 Å². The second-order valence-electron chi connectivity index (χ2n) is 4.13. The first-order valence-electron chi connectivity index (χ1n) is 6.05. The summed E-state index contributed by atoms with van der Waals surface area (Å²) in [5, 5.41) is 1.09. The normalized spacial score (nSPS) is 12.6. The predicted molar refractivity (Wildman–Crippen MR) is 70.1 cm³/mol. The van der Waals surface area contributed by atoms with E-state index in [1.54, 1.807) is 6.20 Å². The summed E-state index contributed by atoms with van der Waals surface area (Å²) in [5.41, 5.74) is 6.66. The highest BCUT2D eigenvalue weighted by atomic mass is 16.5. The monoisotopic (exact) mass is 230 g/mol. The number of rotatable bonds is 5. The van der Waals surface area contributed by atoms with E-state index in [-0.39, 0.29) is 6.10 Å². The molecular weight excluding hydrogens is 212 g/mol. The molecule has 1 aromatic heterocycles. The predicted octanol–water partition coefficient (Wildman–Crippen LogP) is 2.74. The van der Waals surface area contributed by atoms with Gasteiger partial charge < -0.3 is 10.5 Å². The van der Waals surface area contributed by atoms with E-state index in [4.69, 9.17) is 10.5 Å². The first kappa shape index (κ1) is 11.9. The van der Waals surface area contributed by atoms with Gasteiger partial charge in [0.05, 0.1) is 11.7 Å². The highest BCUT2D eigenvalue weighted by Gasteiger charge is 2.07. The molecular formula is C14H18N2O. The van der Waals surface area contributed by atoms with Crippen molar-refractivity contribution < 1.29 is 4.74 Å². The van der Waals surface area contributed by atoms with Crippen LogP contribution in [-0.4, -0.2) is 17.6 Å². The minimum Gasteiger partial charge on any atom is -0.487 e. The molecule has 3 heteroatoms. The van der Waals surface area contributed by atoms with E-state index in [1.807, 2.05) is 30.3 Å². The lowest BCUT2D eigenvalue weighted by Gasteiger charge is -2.16. The fourth-order valence-corrected chi connectivity index (χ4v) is 1.85. The molecule has 0 saturated heterocycles. The van der Waals surface area contributed by atoms with E-state index >= 15 is 0 Å². The third-order valence-corrected chi connectivity index (χ3v) is 2.74. The molecule has 0 aliphatic carbocycles. The van der Waals surface area contributed by atoms with Crippen molar-refractivity contribution in [1.29, 1.82) is 0 Å². The number of nitrogens with zero attached hydrogens (tertiary/aromatic N) is 1. The molecule has 0 radical (unpaired) electrons. The fourth-order valence-electron chi connectivity index (χ4n) is 1.85. The van der Waals surface area contributed by atoms with Crippen LogP contribution in [0.3, 0.4) is 0 Å². The summed E-state index contributed by atoms with van der Waals surface area (Å²) >= 11 is 0. The van der Waals surface area contributed by atoms with Crippen molar-refractivity contribution in [3.63, 3.8) is 0 Å². The average Bonchev–Trinajstić information content (AvgIpc) is 2.38. The Morgan fingerprint density at radius 2 is 2.18 bits per heavy atom. The summed E-state index contributed by atoms with van der Waals surface area (Å²) in [6.45, 7) is 2.67. The van der Waals surface area contributed by atoms with Crippen LogP contribution in [0.1, 0.15) is 19.8 Å². The van der Waals surface area contributed by atoms with Crippen LogP contribution in [0.4, 0.5) is 0 Å². The van der Waals surface area contributed by atoms with E-state index < -0.39 is 0 Å². The molecule has 0 spiro atoms. The summed E-state index contributed by atoms with van der Waals surface area (Å²) in [6.07, 6.45) is 3.90. The second-order valence-corrected chi connectivity index (χ2v) is 4.13. The average molecular weight is 230 g/mol. The molecule has 0 saturated carbocycles. The standard InChI is InChI=1S/C14H18N2O/c1-2-5-12(9-15)17-13-8-11-6-3-4-7-14(11)16-10-13/h3-4,6-8,10,12H,2,5,9,15H2,1H3. The Kier molecular flexibility index (Phi) is 3.94. The van der Waals surface area contributed by atoms with Crippen molar-refractivity contribution in [2.24, 2.45) is 5.73 Å². The van der Waals surface area contributed by atoms with Crippen LogP contribution >= 0.6 is 0 Å². The summed E-state index contributed by atoms with van der Waals surface area (Å²) in [5.74, 6) is 0.799. The van der Waals surface area contributed by atoms with Gasteiger partial charge in [0, 0.05) is 11.9 Å². The Balaban J connectivity index is 2.18. The fraction of sp³-hybridized carbons (Fsp3) is 0.357. The molecule has 0 amide bonds. The zero-order chi connectivity index (χ0) is 12.1. The van der Waals surface area contributed by atoms with E-state index in [2.05, 4.69) is 11.9 Å². The third kappa shape index (κ3) is 2.94. The maximum Gasteiger partial charge on any atom is 0.138 e. The Morgan fingerprint density at radius 3 is 2.94 bits per heavy atom. The van der Waals surface area contributed by atoms with Gasteiger partial charge in [-0.2, -0.15) is 0 Å². The Hall–Kier alpha value is -1.61. The van der Waals surface area contributed by atoms with Crippen molar-refractivity contribution in [2.45, 2.75) is 25.9 Å². The highest BCUT2D eigenvalue weighted by Crippen LogP contribution is 2.19. The largest absolute Gasteiger partial charge is 0.487 e. The number of benzene rings is 1. The number of hydrogen-bond donors (Lipinski definition) is 1. The van der Waals surface area contributed by atoms with Crippen molar-refractivity contribution in [3.8, 4) is 5.75 Å². The summed E-state index contributed by atoms with van der Waals surface area (Å²) in [7, 11) is 0. The molecule has 1 unspecified atom stereocenters. The molecule has 1 atom stereocenters. The molecule has 1 heterocycles. The van der Waals surface area contributed by atoms with E-state index in [9.17, 15) is 0 Å². The van der Waals surface area contributed by atoms with Crippen LogP contribution in [-0.2, 0) is 0 Å². The van der Waals surface area contributed by atoms with Gasteiger partial charge in [0.15, 0.2) is 0 Å². The third-order valence-electron chi connectivity index (χ3n) is 2.74. The molecule has 3 nitrogen and oxygen atoms in total. The summed E-state index contributed by atoms with van der Waals surface area (Å²) in [4.78, 5) is 4.36.